The lowest BCUT2D eigenvalue weighted by molar-refractivity contribution is 1.02. The SMILES string of the molecule is N#Cc1c(-n2c3ccccc3c3ccccc32)c(C#N)c(-n2c3ccccc3c3c4c(ccc32)sc2ccccc24)c(-n2c3ccccc3c3ccccc32)c1-n1c2ccccc2c2ccccc21. The number of nitrogens with zero attached hydrogens (tertiary/aromatic N) is 6. The topological polar surface area (TPSA) is 67.3 Å². The first-order valence-electron chi connectivity index (χ1n) is 23.1. The number of rotatable bonds is 4. The van der Waals surface area contributed by atoms with Crippen molar-refractivity contribution in [1.82, 2.24) is 18.3 Å². The molecule has 0 bridgehead atoms. The summed E-state index contributed by atoms with van der Waals surface area (Å²) >= 11 is 1.80. The number of aromatic nitrogens is 4. The summed E-state index contributed by atoms with van der Waals surface area (Å²) in [7, 11) is 0. The largest absolute Gasteiger partial charge is 0.306 e. The molecule has 0 atom stereocenters. The first-order valence-corrected chi connectivity index (χ1v) is 23.9. The van der Waals surface area contributed by atoms with E-state index in [2.05, 4.69) is 225 Å². The lowest BCUT2D eigenvalue weighted by atomic mass is 9.98. The van der Waals surface area contributed by atoms with Crippen molar-refractivity contribution in [3.63, 3.8) is 0 Å². The number of thiophene rings is 1. The minimum absolute atomic E-state index is 0.386. The smallest absolute Gasteiger partial charge is 0.104 e. The third-order valence-corrected chi connectivity index (χ3v) is 15.6. The molecule has 0 amide bonds. The first kappa shape index (κ1) is 37.8. The summed E-state index contributed by atoms with van der Waals surface area (Å²) < 4.78 is 11.6. The van der Waals surface area contributed by atoms with Crippen molar-refractivity contribution in [3.05, 3.63) is 217 Å². The highest BCUT2D eigenvalue weighted by Crippen LogP contribution is 2.50. The van der Waals surface area contributed by atoms with E-state index in [0.717, 1.165) is 92.9 Å². The van der Waals surface area contributed by atoms with Crippen LogP contribution in [0.15, 0.2) is 206 Å². The molecule has 0 saturated carbocycles. The van der Waals surface area contributed by atoms with Crippen LogP contribution in [0.3, 0.4) is 0 Å². The van der Waals surface area contributed by atoms with E-state index in [4.69, 9.17) is 0 Å². The summed E-state index contributed by atoms with van der Waals surface area (Å²) in [5.74, 6) is 0. The highest BCUT2D eigenvalue weighted by molar-refractivity contribution is 7.26. The molecule has 0 aliphatic carbocycles. The zero-order valence-electron chi connectivity index (χ0n) is 36.7. The molecule has 15 aromatic rings. The predicted molar refractivity (Wildman–Crippen MR) is 286 cm³/mol. The van der Waals surface area contributed by atoms with Crippen molar-refractivity contribution < 1.29 is 0 Å². The van der Waals surface area contributed by atoms with Gasteiger partial charge in [-0.2, -0.15) is 10.5 Å². The molecule has 7 heteroatoms. The molecular formula is C62H34N6S. The number of hydrogen-bond donors (Lipinski definition) is 0. The second kappa shape index (κ2) is 14.1. The zero-order valence-corrected chi connectivity index (χ0v) is 37.5. The maximum atomic E-state index is 12.4. The molecule has 0 spiro atoms. The lowest BCUT2D eigenvalue weighted by Gasteiger charge is -2.27. The number of para-hydroxylation sites is 7. The maximum Gasteiger partial charge on any atom is 0.104 e. The third kappa shape index (κ3) is 4.91. The Balaban J connectivity index is 1.29. The van der Waals surface area contributed by atoms with Gasteiger partial charge in [-0.15, -0.1) is 11.3 Å². The quantitative estimate of drug-likeness (QED) is 0.177. The van der Waals surface area contributed by atoms with Crippen molar-refractivity contribution in [2.45, 2.75) is 0 Å². The van der Waals surface area contributed by atoms with Crippen molar-refractivity contribution in [1.29, 1.82) is 10.5 Å². The van der Waals surface area contributed by atoms with Gasteiger partial charge in [-0.25, -0.2) is 0 Å². The normalized spacial score (nSPS) is 12.0. The van der Waals surface area contributed by atoms with Crippen molar-refractivity contribution in [2.75, 3.05) is 0 Å². The molecule has 0 unspecified atom stereocenters. The number of fused-ring (bicyclic) bond motifs is 16. The van der Waals surface area contributed by atoms with Gasteiger partial charge in [0.1, 0.15) is 23.3 Å². The Hall–Kier alpha value is -9.40. The summed E-state index contributed by atoms with van der Waals surface area (Å²) in [4.78, 5) is 0. The molecule has 0 aliphatic heterocycles. The van der Waals surface area contributed by atoms with Gasteiger partial charge in [-0.1, -0.05) is 146 Å². The van der Waals surface area contributed by atoms with Crippen LogP contribution in [0.25, 0.3) is 130 Å². The predicted octanol–water partition coefficient (Wildman–Crippen LogP) is 16.2. The first-order chi connectivity index (χ1) is 34.2. The number of hydrogen-bond acceptors (Lipinski definition) is 3. The van der Waals surface area contributed by atoms with E-state index in [1.807, 2.05) is 12.1 Å². The average molecular weight is 895 g/mol. The van der Waals surface area contributed by atoms with Crippen LogP contribution in [-0.2, 0) is 0 Å². The molecule has 10 aromatic carbocycles. The minimum Gasteiger partial charge on any atom is -0.306 e. The lowest BCUT2D eigenvalue weighted by Crippen LogP contribution is -2.16. The molecule has 15 rings (SSSR count). The van der Waals surface area contributed by atoms with Crippen LogP contribution in [0.1, 0.15) is 11.1 Å². The van der Waals surface area contributed by atoms with Gasteiger partial charge in [0, 0.05) is 63.3 Å². The second-order valence-corrected chi connectivity index (χ2v) is 18.8. The molecule has 0 saturated heterocycles. The van der Waals surface area contributed by atoms with Gasteiger partial charge < -0.3 is 18.3 Å². The van der Waals surface area contributed by atoms with E-state index >= 15 is 0 Å². The molecule has 6 nitrogen and oxygen atoms in total. The molecule has 0 fully saturated rings. The highest BCUT2D eigenvalue weighted by Gasteiger charge is 2.34. The van der Waals surface area contributed by atoms with Gasteiger partial charge in [-0.3, -0.25) is 0 Å². The summed E-state index contributed by atoms with van der Waals surface area (Å²) in [5, 5.41) is 35.7. The minimum atomic E-state index is 0.386. The summed E-state index contributed by atoms with van der Waals surface area (Å²) in [6, 6.07) is 78.2. The molecule has 0 radical (unpaired) electrons. The van der Waals surface area contributed by atoms with E-state index in [0.29, 0.717) is 28.2 Å². The Morgan fingerprint density at radius 2 is 0.580 bits per heavy atom. The molecule has 5 heterocycles. The fraction of sp³-hybridized carbons (Fsp3) is 0. The monoisotopic (exact) mass is 894 g/mol. The van der Waals surface area contributed by atoms with Crippen LogP contribution in [0, 0.1) is 22.7 Å². The summed E-state index contributed by atoms with van der Waals surface area (Å²) in [5.41, 5.74) is 11.0. The van der Waals surface area contributed by atoms with Crippen molar-refractivity contribution >= 4 is 119 Å². The Morgan fingerprint density at radius 3 is 1.00 bits per heavy atom. The van der Waals surface area contributed by atoms with Crippen molar-refractivity contribution in [2.24, 2.45) is 0 Å². The Bertz CT molecular complexity index is 4660. The number of nitriles is 2. The van der Waals surface area contributed by atoms with Gasteiger partial charge >= 0.3 is 0 Å². The van der Waals surface area contributed by atoms with Crippen LogP contribution >= 0.6 is 11.3 Å². The van der Waals surface area contributed by atoms with Gasteiger partial charge in [0.05, 0.1) is 66.9 Å². The van der Waals surface area contributed by atoms with E-state index in [9.17, 15) is 10.5 Å². The second-order valence-electron chi connectivity index (χ2n) is 17.8. The summed E-state index contributed by atoms with van der Waals surface area (Å²) in [6.07, 6.45) is 0. The van der Waals surface area contributed by atoms with Gasteiger partial charge in [0.2, 0.25) is 0 Å². The van der Waals surface area contributed by atoms with E-state index in [1.54, 1.807) is 11.3 Å². The van der Waals surface area contributed by atoms with Crippen LogP contribution in [-0.4, -0.2) is 18.3 Å². The molecular weight excluding hydrogens is 861 g/mol. The average Bonchev–Trinajstić information content (AvgIpc) is 4.21. The van der Waals surface area contributed by atoms with Crippen LogP contribution in [0.5, 0.6) is 0 Å². The maximum absolute atomic E-state index is 12.4. The summed E-state index contributed by atoms with van der Waals surface area (Å²) in [6.45, 7) is 0. The van der Waals surface area contributed by atoms with Crippen LogP contribution < -0.4 is 0 Å². The van der Waals surface area contributed by atoms with Crippen LogP contribution in [0.4, 0.5) is 0 Å². The van der Waals surface area contributed by atoms with Gasteiger partial charge in [0.15, 0.2) is 0 Å². The van der Waals surface area contributed by atoms with Gasteiger partial charge in [0.25, 0.3) is 0 Å². The highest BCUT2D eigenvalue weighted by atomic mass is 32.1. The van der Waals surface area contributed by atoms with Crippen LogP contribution in [0.2, 0.25) is 0 Å². The molecule has 0 aliphatic rings. The molecule has 69 heavy (non-hydrogen) atoms. The van der Waals surface area contributed by atoms with Crippen molar-refractivity contribution in [3.8, 4) is 34.9 Å². The Labute approximate surface area is 397 Å². The Kier molecular flexibility index (Phi) is 7.70. The van der Waals surface area contributed by atoms with Gasteiger partial charge in [-0.05, 0) is 60.7 Å². The van der Waals surface area contributed by atoms with E-state index in [1.165, 1.54) is 20.2 Å². The third-order valence-electron chi connectivity index (χ3n) is 14.4. The number of benzene rings is 10. The fourth-order valence-corrected chi connectivity index (χ4v) is 12.9. The Morgan fingerprint density at radius 1 is 0.261 bits per heavy atom. The zero-order chi connectivity index (χ0) is 45.5. The standard InChI is InChI=1S/C62H34N6S/c63-35-45-59(65-47-25-9-1-17-37(47)38-18-2-10-26-48(38)65)46(36-64)61(68-53-31-15-7-23-43(53)57-54(68)33-34-56-58(57)44-24-8-16-32-55(44)69-56)62(67-51-29-13-5-21-41(51)42-22-6-14-30-52(42)67)60(45)66-49-27-11-3-19-39(49)40-20-4-12-28-50(40)66/h1-34H. The van der Waals surface area contributed by atoms with E-state index < -0.39 is 0 Å². The fourth-order valence-electron chi connectivity index (χ4n) is 11.8. The molecule has 0 N–H and O–H groups in total. The molecule has 318 valence electrons. The molecule has 5 aromatic heterocycles. The van der Waals surface area contributed by atoms with E-state index in [-0.39, 0.29) is 0 Å².